The number of nitrogens with zero attached hydrogens (tertiary/aromatic N) is 1. The van der Waals surface area contributed by atoms with Crippen molar-refractivity contribution in [1.82, 2.24) is 4.90 Å². The van der Waals surface area contributed by atoms with E-state index in [9.17, 15) is 9.59 Å². The molecule has 0 aromatic heterocycles. The van der Waals surface area contributed by atoms with Gasteiger partial charge in [0.1, 0.15) is 6.61 Å². The highest BCUT2D eigenvalue weighted by molar-refractivity contribution is 5.99. The van der Waals surface area contributed by atoms with Gasteiger partial charge in [-0.3, -0.25) is 0 Å². The lowest BCUT2D eigenvalue weighted by molar-refractivity contribution is -0.143. The van der Waals surface area contributed by atoms with Gasteiger partial charge < -0.3 is 19.1 Å². The normalized spacial score (nSPS) is 17.2. The summed E-state index contributed by atoms with van der Waals surface area (Å²) in [6.07, 6.45) is -0.277. The van der Waals surface area contributed by atoms with Crippen LogP contribution in [0.15, 0.2) is 46.8 Å². The van der Waals surface area contributed by atoms with E-state index in [0.29, 0.717) is 17.8 Å². The molecule has 1 heterocycles. The van der Waals surface area contributed by atoms with Crippen molar-refractivity contribution in [3.05, 3.63) is 57.9 Å². The highest BCUT2D eigenvalue weighted by Crippen LogP contribution is 2.42. The van der Waals surface area contributed by atoms with Crippen LogP contribution >= 0.6 is 0 Å². The van der Waals surface area contributed by atoms with Crippen LogP contribution in [0.1, 0.15) is 65.5 Å². The molecule has 6 heteroatoms. The van der Waals surface area contributed by atoms with E-state index in [1.165, 1.54) is 5.56 Å². The summed E-state index contributed by atoms with van der Waals surface area (Å²) < 4.78 is 16.1. The van der Waals surface area contributed by atoms with Crippen LogP contribution in [0.4, 0.5) is 0 Å². The van der Waals surface area contributed by atoms with Crippen molar-refractivity contribution in [2.45, 2.75) is 65.9 Å². The van der Waals surface area contributed by atoms with E-state index in [2.05, 4.69) is 32.9 Å². The van der Waals surface area contributed by atoms with Gasteiger partial charge in [-0.15, -0.1) is 0 Å². The van der Waals surface area contributed by atoms with Crippen molar-refractivity contribution in [2.75, 3.05) is 27.4 Å². The molecule has 0 saturated carbocycles. The van der Waals surface area contributed by atoms with E-state index in [0.717, 1.165) is 17.0 Å². The van der Waals surface area contributed by atoms with E-state index in [4.69, 9.17) is 14.2 Å². The van der Waals surface area contributed by atoms with E-state index >= 15 is 0 Å². The van der Waals surface area contributed by atoms with Crippen LogP contribution in [-0.4, -0.2) is 50.3 Å². The summed E-state index contributed by atoms with van der Waals surface area (Å²) in [7, 11) is 3.40. The molecule has 0 bridgehead atoms. The molecule has 1 aliphatic rings. The summed E-state index contributed by atoms with van der Waals surface area (Å²) in [6, 6.07) is 8.08. The minimum absolute atomic E-state index is 0.00978. The number of hydrogen-bond donors (Lipinski definition) is 0. The Kier molecular flexibility index (Phi) is 8.29. The molecular formula is C26H37NO5. The summed E-state index contributed by atoms with van der Waals surface area (Å²) in [5.74, 6) is -1.47. The van der Waals surface area contributed by atoms with Gasteiger partial charge in [0.25, 0.3) is 0 Å². The largest absolute Gasteiger partial charge is 0.460 e. The van der Waals surface area contributed by atoms with Crippen LogP contribution in [0.3, 0.4) is 0 Å². The Morgan fingerprint density at radius 1 is 0.969 bits per heavy atom. The van der Waals surface area contributed by atoms with Crippen molar-refractivity contribution in [3.8, 4) is 0 Å². The molecule has 1 aromatic carbocycles. The van der Waals surface area contributed by atoms with E-state index in [1.54, 1.807) is 7.11 Å². The number of methoxy groups -OCH3 is 1. The number of hydrogen-bond acceptors (Lipinski definition) is 6. The van der Waals surface area contributed by atoms with Crippen molar-refractivity contribution < 1.29 is 23.8 Å². The summed E-state index contributed by atoms with van der Waals surface area (Å²) in [4.78, 5) is 28.3. The number of allylic oxidation sites excluding steroid dienone is 2. The third-order valence-corrected chi connectivity index (χ3v) is 5.78. The first-order valence-corrected chi connectivity index (χ1v) is 11.0. The molecule has 0 saturated heterocycles. The van der Waals surface area contributed by atoms with Crippen molar-refractivity contribution in [1.29, 1.82) is 0 Å². The second-order valence-corrected chi connectivity index (χ2v) is 9.44. The highest BCUT2D eigenvalue weighted by atomic mass is 16.6. The molecule has 1 aromatic rings. The zero-order valence-corrected chi connectivity index (χ0v) is 20.9. The second kappa shape index (κ2) is 10.3. The second-order valence-electron chi connectivity index (χ2n) is 9.44. The van der Waals surface area contributed by atoms with E-state index in [1.807, 2.05) is 51.8 Å². The maximum atomic E-state index is 13.2. The summed E-state index contributed by atoms with van der Waals surface area (Å²) in [5.41, 5.74) is 4.40. The lowest BCUT2D eigenvalue weighted by atomic mass is 9.78. The highest BCUT2D eigenvalue weighted by Gasteiger charge is 2.40. The molecule has 1 aliphatic heterocycles. The van der Waals surface area contributed by atoms with Crippen molar-refractivity contribution >= 4 is 11.9 Å². The quantitative estimate of drug-likeness (QED) is 0.449. The fourth-order valence-electron chi connectivity index (χ4n) is 3.79. The minimum Gasteiger partial charge on any atom is -0.460 e. The van der Waals surface area contributed by atoms with E-state index in [-0.39, 0.29) is 18.1 Å². The number of rotatable bonds is 7. The average Bonchev–Trinajstić information content (AvgIpc) is 2.70. The smallest absolute Gasteiger partial charge is 0.337 e. The molecule has 6 nitrogen and oxygen atoms in total. The Bertz CT molecular complexity index is 903. The Hall–Kier alpha value is -2.60. The van der Waals surface area contributed by atoms with E-state index < -0.39 is 17.9 Å². The number of carbonyl (C=O) groups is 2. The first-order valence-electron chi connectivity index (χ1n) is 11.0. The molecular weight excluding hydrogens is 406 g/mol. The van der Waals surface area contributed by atoms with Crippen LogP contribution in [0, 0.1) is 0 Å². The van der Waals surface area contributed by atoms with Crippen LogP contribution in [0.25, 0.3) is 0 Å². The van der Waals surface area contributed by atoms with Crippen LogP contribution < -0.4 is 0 Å². The molecule has 0 spiro atoms. The first kappa shape index (κ1) is 25.7. The molecule has 0 amide bonds. The Morgan fingerprint density at radius 3 is 1.97 bits per heavy atom. The Morgan fingerprint density at radius 2 is 1.50 bits per heavy atom. The first-order chi connectivity index (χ1) is 14.9. The van der Waals surface area contributed by atoms with Crippen LogP contribution in [-0.2, 0) is 29.2 Å². The lowest BCUT2D eigenvalue weighted by Gasteiger charge is -2.36. The number of carbonyl (C=O) groups excluding carboxylic acids is 2. The minimum atomic E-state index is -0.582. The summed E-state index contributed by atoms with van der Waals surface area (Å²) >= 11 is 0. The van der Waals surface area contributed by atoms with Gasteiger partial charge in [-0.2, -0.15) is 0 Å². The van der Waals surface area contributed by atoms with Gasteiger partial charge in [0, 0.05) is 25.6 Å². The fraction of sp³-hybridized carbons (Fsp3) is 0.538. The molecule has 0 aliphatic carbocycles. The molecule has 2 rings (SSSR count). The lowest BCUT2D eigenvalue weighted by Crippen LogP contribution is -2.34. The predicted molar refractivity (Wildman–Crippen MR) is 125 cm³/mol. The third-order valence-electron chi connectivity index (χ3n) is 5.78. The van der Waals surface area contributed by atoms with Gasteiger partial charge in [-0.05, 0) is 44.2 Å². The van der Waals surface area contributed by atoms with Crippen LogP contribution in [0.5, 0.6) is 0 Å². The van der Waals surface area contributed by atoms with Gasteiger partial charge in [0.15, 0.2) is 0 Å². The monoisotopic (exact) mass is 443 g/mol. The zero-order valence-electron chi connectivity index (χ0n) is 20.9. The molecule has 1 atom stereocenters. The fourth-order valence-corrected chi connectivity index (χ4v) is 3.79. The average molecular weight is 444 g/mol. The van der Waals surface area contributed by atoms with Gasteiger partial charge >= 0.3 is 11.9 Å². The maximum absolute atomic E-state index is 13.2. The third kappa shape index (κ3) is 5.60. The maximum Gasteiger partial charge on any atom is 0.337 e. The standard InChI is InChI=1S/C26H37NO5/c1-16(2)32-25(29)22-18(4)27(8)17(3)21(24(28)31-15-14-30-9)23(22)19-10-12-20(13-11-19)26(5,6)7/h10-13,16,23H,14-15H2,1-9H3. The van der Waals surface area contributed by atoms with Crippen molar-refractivity contribution in [3.63, 3.8) is 0 Å². The van der Waals surface area contributed by atoms with Crippen LogP contribution in [0.2, 0.25) is 0 Å². The molecule has 1 unspecified atom stereocenters. The molecule has 176 valence electrons. The van der Waals surface area contributed by atoms with Crippen molar-refractivity contribution in [2.24, 2.45) is 0 Å². The van der Waals surface area contributed by atoms with Gasteiger partial charge in [-0.25, -0.2) is 9.59 Å². The Balaban J connectivity index is 2.64. The Labute approximate surface area is 192 Å². The SMILES string of the molecule is COCCOC(=O)C1=C(C)N(C)C(C)=C(C(=O)OC(C)C)C1c1ccc(C(C)(C)C)cc1. The summed E-state index contributed by atoms with van der Waals surface area (Å²) in [5, 5.41) is 0. The molecule has 32 heavy (non-hydrogen) atoms. The number of esters is 2. The molecule has 0 radical (unpaired) electrons. The van der Waals surface area contributed by atoms with Gasteiger partial charge in [-0.1, -0.05) is 45.0 Å². The predicted octanol–water partition coefficient (Wildman–Crippen LogP) is 4.70. The van der Waals surface area contributed by atoms with Gasteiger partial charge in [0.2, 0.25) is 0 Å². The topological polar surface area (TPSA) is 65.1 Å². The zero-order chi connectivity index (χ0) is 24.2. The molecule has 0 fully saturated rings. The summed E-state index contributed by atoms with van der Waals surface area (Å²) in [6.45, 7) is 14.3. The number of ether oxygens (including phenoxy) is 3. The number of benzene rings is 1. The van der Waals surface area contributed by atoms with Gasteiger partial charge in [0.05, 0.1) is 29.8 Å². The molecule has 0 N–H and O–H groups in total.